The zero-order valence-corrected chi connectivity index (χ0v) is 11.6. The number of hydrogen-bond acceptors (Lipinski definition) is 5. The summed E-state index contributed by atoms with van der Waals surface area (Å²) in [5.74, 6) is 0.581. The van der Waals surface area contributed by atoms with Gasteiger partial charge in [-0.1, -0.05) is 0 Å². The molecule has 1 fully saturated rings. The smallest absolute Gasteiger partial charge is 0.249 e. The second-order valence-corrected chi connectivity index (χ2v) is 5.14. The maximum absolute atomic E-state index is 12.2. The van der Waals surface area contributed by atoms with Crippen LogP contribution in [-0.4, -0.2) is 42.6 Å². The van der Waals surface area contributed by atoms with Gasteiger partial charge in [0.1, 0.15) is 12.4 Å². The number of amides is 1. The molecule has 1 N–H and O–H groups in total. The molecule has 0 saturated carbocycles. The van der Waals surface area contributed by atoms with E-state index in [2.05, 4.69) is 11.4 Å². The van der Waals surface area contributed by atoms with Gasteiger partial charge in [-0.3, -0.25) is 4.79 Å². The Kier molecular flexibility index (Phi) is 4.77. The fraction of sp³-hybridized carbons (Fsp3) is 0.571. The first-order chi connectivity index (χ1) is 9.63. The van der Waals surface area contributed by atoms with Crippen molar-refractivity contribution in [2.75, 3.05) is 26.2 Å². The van der Waals surface area contributed by atoms with Gasteiger partial charge in [-0.25, -0.2) is 0 Å². The van der Waals surface area contributed by atoms with Gasteiger partial charge in [0.2, 0.25) is 5.91 Å². The number of rotatable bonds is 7. The monoisotopic (exact) mass is 277 g/mol. The summed E-state index contributed by atoms with van der Waals surface area (Å²) in [6.45, 7) is 4.28. The number of hydrogen-bond donors (Lipinski definition) is 1. The highest BCUT2D eigenvalue weighted by atomic mass is 16.5. The largest absolute Gasteiger partial charge is 0.467 e. The Labute approximate surface area is 118 Å². The minimum atomic E-state index is -0.249. The Bertz CT molecular complexity index is 474. The number of carbonyl (C=O) groups is 1. The van der Waals surface area contributed by atoms with E-state index in [1.165, 1.54) is 0 Å². The molecule has 1 aromatic heterocycles. The van der Waals surface area contributed by atoms with E-state index < -0.39 is 0 Å². The van der Waals surface area contributed by atoms with Crippen LogP contribution in [-0.2, 0) is 16.1 Å². The summed E-state index contributed by atoms with van der Waals surface area (Å²) < 4.78 is 10.9. The summed E-state index contributed by atoms with van der Waals surface area (Å²) in [6, 6.07) is 5.64. The van der Waals surface area contributed by atoms with Crippen molar-refractivity contribution in [2.24, 2.45) is 0 Å². The highest BCUT2D eigenvalue weighted by molar-refractivity contribution is 5.77. The molecule has 0 bridgehead atoms. The van der Waals surface area contributed by atoms with Gasteiger partial charge in [0.05, 0.1) is 30.9 Å². The van der Waals surface area contributed by atoms with E-state index in [9.17, 15) is 4.79 Å². The second kappa shape index (κ2) is 6.55. The fourth-order valence-corrected chi connectivity index (χ4v) is 1.97. The highest BCUT2D eigenvalue weighted by Gasteiger charge is 2.33. The summed E-state index contributed by atoms with van der Waals surface area (Å²) in [7, 11) is 0. The molecule has 0 aliphatic carbocycles. The number of furan rings is 1. The Morgan fingerprint density at radius 3 is 3.00 bits per heavy atom. The molecule has 0 atom stereocenters. The lowest BCUT2D eigenvalue weighted by molar-refractivity contribution is -0.146. The van der Waals surface area contributed by atoms with Gasteiger partial charge in [0, 0.05) is 19.6 Å². The van der Waals surface area contributed by atoms with Crippen molar-refractivity contribution >= 4 is 5.91 Å². The lowest BCUT2D eigenvalue weighted by Gasteiger charge is -2.39. The first-order valence-corrected chi connectivity index (χ1v) is 6.65. The Morgan fingerprint density at radius 2 is 2.45 bits per heavy atom. The summed E-state index contributed by atoms with van der Waals surface area (Å²) in [4.78, 5) is 13.8. The average Bonchev–Trinajstić information content (AvgIpc) is 2.91. The van der Waals surface area contributed by atoms with Crippen molar-refractivity contribution in [3.63, 3.8) is 0 Å². The van der Waals surface area contributed by atoms with Crippen LogP contribution in [0.2, 0.25) is 0 Å². The van der Waals surface area contributed by atoms with Crippen LogP contribution in [0, 0.1) is 11.3 Å². The first-order valence-electron chi connectivity index (χ1n) is 6.65. The SMILES string of the molecule is CC1(OCC(=O)N(CCC#N)Cc2ccco2)CNC1. The molecular formula is C14H19N3O3. The zero-order valence-electron chi connectivity index (χ0n) is 11.6. The second-order valence-electron chi connectivity index (χ2n) is 5.14. The molecule has 20 heavy (non-hydrogen) atoms. The summed E-state index contributed by atoms with van der Waals surface area (Å²) in [5, 5.41) is 11.8. The molecule has 1 saturated heterocycles. The minimum absolute atomic E-state index is 0.0321. The van der Waals surface area contributed by atoms with Crippen LogP contribution in [0.3, 0.4) is 0 Å². The maximum Gasteiger partial charge on any atom is 0.249 e. The lowest BCUT2D eigenvalue weighted by Crippen LogP contribution is -2.59. The van der Waals surface area contributed by atoms with Crippen LogP contribution in [0.25, 0.3) is 0 Å². The van der Waals surface area contributed by atoms with Gasteiger partial charge in [0.15, 0.2) is 0 Å². The molecule has 1 aliphatic rings. The van der Waals surface area contributed by atoms with Crippen molar-refractivity contribution in [1.29, 1.82) is 5.26 Å². The van der Waals surface area contributed by atoms with E-state index in [1.807, 2.05) is 13.0 Å². The average molecular weight is 277 g/mol. The van der Waals surface area contributed by atoms with Crippen molar-refractivity contribution < 1.29 is 13.9 Å². The van der Waals surface area contributed by atoms with Gasteiger partial charge < -0.3 is 19.4 Å². The number of carbonyl (C=O) groups excluding carboxylic acids is 1. The lowest BCUT2D eigenvalue weighted by atomic mass is 10.0. The number of ether oxygens (including phenoxy) is 1. The Morgan fingerprint density at radius 1 is 1.65 bits per heavy atom. The van der Waals surface area contributed by atoms with Gasteiger partial charge in [-0.15, -0.1) is 0 Å². The Balaban J connectivity index is 1.87. The minimum Gasteiger partial charge on any atom is -0.467 e. The maximum atomic E-state index is 12.2. The zero-order chi connectivity index (χ0) is 14.4. The van der Waals surface area contributed by atoms with E-state index in [4.69, 9.17) is 14.4 Å². The summed E-state index contributed by atoms with van der Waals surface area (Å²) in [5.41, 5.74) is -0.249. The standard InChI is InChI=1S/C14H19N3O3/c1-14(10-16-11-14)20-9-13(18)17(6-3-5-15)8-12-4-2-7-19-12/h2,4,7,16H,3,6,8-11H2,1H3. The quantitative estimate of drug-likeness (QED) is 0.801. The molecule has 0 spiro atoms. The van der Waals surface area contributed by atoms with E-state index in [0.717, 1.165) is 13.1 Å². The van der Waals surface area contributed by atoms with Crippen LogP contribution < -0.4 is 5.32 Å². The van der Waals surface area contributed by atoms with Crippen molar-refractivity contribution in [3.8, 4) is 6.07 Å². The highest BCUT2D eigenvalue weighted by Crippen LogP contribution is 2.15. The van der Waals surface area contributed by atoms with Gasteiger partial charge >= 0.3 is 0 Å². The Hall–Kier alpha value is -1.84. The van der Waals surface area contributed by atoms with E-state index in [-0.39, 0.29) is 18.1 Å². The third-order valence-corrected chi connectivity index (χ3v) is 3.32. The molecule has 0 radical (unpaired) electrons. The topological polar surface area (TPSA) is 78.5 Å². The molecular weight excluding hydrogens is 258 g/mol. The summed E-state index contributed by atoms with van der Waals surface area (Å²) >= 11 is 0. The number of nitriles is 1. The first kappa shape index (κ1) is 14.6. The molecule has 108 valence electrons. The molecule has 6 heteroatoms. The van der Waals surface area contributed by atoms with E-state index in [0.29, 0.717) is 25.3 Å². The van der Waals surface area contributed by atoms with Crippen molar-refractivity contribution in [1.82, 2.24) is 10.2 Å². The molecule has 2 rings (SSSR count). The normalized spacial score (nSPS) is 16.2. The van der Waals surface area contributed by atoms with Gasteiger partial charge in [0.25, 0.3) is 0 Å². The predicted molar refractivity (Wildman–Crippen MR) is 71.6 cm³/mol. The van der Waals surface area contributed by atoms with Crippen molar-refractivity contribution in [2.45, 2.75) is 25.5 Å². The van der Waals surface area contributed by atoms with Gasteiger partial charge in [-0.05, 0) is 19.1 Å². The predicted octanol–water partition coefficient (Wildman–Crippen LogP) is 0.900. The molecule has 6 nitrogen and oxygen atoms in total. The van der Waals surface area contributed by atoms with Crippen molar-refractivity contribution in [3.05, 3.63) is 24.2 Å². The van der Waals surface area contributed by atoms with Crippen LogP contribution in [0.1, 0.15) is 19.1 Å². The van der Waals surface area contributed by atoms with Crippen LogP contribution in [0.5, 0.6) is 0 Å². The van der Waals surface area contributed by atoms with Crippen LogP contribution in [0.15, 0.2) is 22.8 Å². The fourth-order valence-electron chi connectivity index (χ4n) is 1.97. The van der Waals surface area contributed by atoms with Crippen LogP contribution >= 0.6 is 0 Å². The third-order valence-electron chi connectivity index (χ3n) is 3.32. The molecule has 1 aliphatic heterocycles. The molecule has 1 aromatic rings. The number of nitrogens with one attached hydrogen (secondary N) is 1. The molecule has 2 heterocycles. The molecule has 1 amide bonds. The summed E-state index contributed by atoms with van der Waals surface area (Å²) in [6.07, 6.45) is 1.87. The number of nitrogens with zero attached hydrogens (tertiary/aromatic N) is 2. The molecule has 0 aromatic carbocycles. The van der Waals surface area contributed by atoms with Gasteiger partial charge in [-0.2, -0.15) is 5.26 Å². The van der Waals surface area contributed by atoms with E-state index >= 15 is 0 Å². The third kappa shape index (κ3) is 3.83. The van der Waals surface area contributed by atoms with Crippen LogP contribution in [0.4, 0.5) is 0 Å². The molecule has 0 unspecified atom stereocenters. The van der Waals surface area contributed by atoms with E-state index in [1.54, 1.807) is 17.2 Å².